The molecule has 0 saturated carbocycles. The molecule has 0 aliphatic carbocycles. The van der Waals surface area contributed by atoms with Gasteiger partial charge < -0.3 is 14.4 Å². The van der Waals surface area contributed by atoms with E-state index >= 15 is 0 Å². The first kappa shape index (κ1) is 16.5. The Hall–Kier alpha value is -2.64. The fraction of sp³-hybridized carbons (Fsp3) is 0.300. The van der Waals surface area contributed by atoms with E-state index in [0.717, 1.165) is 18.0 Å². The van der Waals surface area contributed by atoms with E-state index in [2.05, 4.69) is 41.3 Å². The smallest absolute Gasteiger partial charge is 0.235 e. The number of nitrogens with one attached hydrogen (secondary N) is 1. The molecule has 138 valence electrons. The third-order valence-electron chi connectivity index (χ3n) is 5.27. The molecular formula is C20H21N4O2S+. The van der Waals surface area contributed by atoms with Crippen LogP contribution in [0.25, 0.3) is 16.5 Å². The molecule has 4 aromatic rings. The molecule has 0 radical (unpaired) electrons. The van der Waals surface area contributed by atoms with Gasteiger partial charge in [-0.3, -0.25) is 0 Å². The Kier molecular flexibility index (Phi) is 3.98. The summed E-state index contributed by atoms with van der Waals surface area (Å²) in [6.07, 6.45) is 4.05. The predicted octanol–water partition coefficient (Wildman–Crippen LogP) is 2.83. The van der Waals surface area contributed by atoms with Crippen LogP contribution in [0.4, 0.5) is 0 Å². The standard InChI is InChI=1S/C20H20N4O2S/c1-13-6-8-14(9-7-13)16(23-10-2-3-11-23)17-19(25)24-20(27-17)21-18(22-24)15-5-4-12-26-15/h4-9,12,16,25H,2-3,10-11H2,1H3/p+1/t16-/m0/s1. The van der Waals surface area contributed by atoms with Crippen LogP contribution in [0, 0.1) is 6.92 Å². The number of nitrogens with zero attached hydrogens (tertiary/aromatic N) is 3. The summed E-state index contributed by atoms with van der Waals surface area (Å²) in [5.41, 5.74) is 2.47. The monoisotopic (exact) mass is 381 g/mol. The van der Waals surface area contributed by atoms with E-state index in [-0.39, 0.29) is 11.9 Å². The lowest BCUT2D eigenvalue weighted by atomic mass is 10.0. The molecule has 1 fully saturated rings. The van der Waals surface area contributed by atoms with Crippen LogP contribution in [0.2, 0.25) is 0 Å². The number of aryl methyl sites for hydroxylation is 1. The summed E-state index contributed by atoms with van der Waals surface area (Å²) in [5.74, 6) is 1.28. The van der Waals surface area contributed by atoms with E-state index in [0.29, 0.717) is 16.5 Å². The van der Waals surface area contributed by atoms with Crippen molar-refractivity contribution >= 4 is 16.3 Å². The van der Waals surface area contributed by atoms with Crippen molar-refractivity contribution < 1.29 is 14.4 Å². The van der Waals surface area contributed by atoms with Crippen LogP contribution < -0.4 is 4.90 Å². The van der Waals surface area contributed by atoms with E-state index in [1.807, 2.05) is 6.07 Å². The van der Waals surface area contributed by atoms with Gasteiger partial charge in [0.15, 0.2) is 11.8 Å². The number of thiazole rings is 1. The fourth-order valence-corrected chi connectivity index (χ4v) is 5.04. The molecule has 3 aromatic heterocycles. The van der Waals surface area contributed by atoms with Crippen LogP contribution in [-0.4, -0.2) is 32.8 Å². The number of rotatable bonds is 4. The second kappa shape index (κ2) is 6.51. The van der Waals surface area contributed by atoms with E-state index in [9.17, 15) is 5.11 Å². The highest BCUT2D eigenvalue weighted by molar-refractivity contribution is 7.17. The van der Waals surface area contributed by atoms with Crippen LogP contribution in [0.1, 0.15) is 34.9 Å². The minimum atomic E-state index is 0.105. The van der Waals surface area contributed by atoms with Crippen LogP contribution in [0.15, 0.2) is 47.1 Å². The van der Waals surface area contributed by atoms with Crippen LogP contribution in [-0.2, 0) is 0 Å². The Morgan fingerprint density at radius 2 is 1.96 bits per heavy atom. The van der Waals surface area contributed by atoms with Gasteiger partial charge in [0.05, 0.1) is 19.4 Å². The van der Waals surface area contributed by atoms with Crippen molar-refractivity contribution in [2.75, 3.05) is 13.1 Å². The number of hydrogen-bond donors (Lipinski definition) is 2. The molecule has 4 heterocycles. The lowest BCUT2D eigenvalue weighted by Gasteiger charge is -2.24. The molecule has 1 aliphatic heterocycles. The van der Waals surface area contributed by atoms with Crippen molar-refractivity contribution in [3.63, 3.8) is 0 Å². The number of furan rings is 1. The van der Waals surface area contributed by atoms with Gasteiger partial charge >= 0.3 is 0 Å². The molecule has 7 heteroatoms. The topological polar surface area (TPSA) is 68.0 Å². The second-order valence-electron chi connectivity index (χ2n) is 7.11. The summed E-state index contributed by atoms with van der Waals surface area (Å²) in [6.45, 7) is 4.32. The quantitative estimate of drug-likeness (QED) is 0.570. The molecular weight excluding hydrogens is 360 g/mol. The largest absolute Gasteiger partial charge is 0.492 e. The minimum Gasteiger partial charge on any atom is -0.492 e. The molecule has 27 heavy (non-hydrogen) atoms. The summed E-state index contributed by atoms with van der Waals surface area (Å²) in [5, 5.41) is 15.4. The summed E-state index contributed by atoms with van der Waals surface area (Å²) >= 11 is 1.51. The average Bonchev–Trinajstić information content (AvgIpc) is 3.44. The lowest BCUT2D eigenvalue weighted by molar-refractivity contribution is -0.913. The molecule has 1 aliphatic rings. The summed E-state index contributed by atoms with van der Waals surface area (Å²) in [7, 11) is 0. The SMILES string of the molecule is Cc1ccc([C@@H](c2sc3nc(-c4ccco4)nn3c2O)[NH+]2CCCC2)cc1. The Morgan fingerprint density at radius 3 is 2.63 bits per heavy atom. The van der Waals surface area contributed by atoms with E-state index in [1.165, 1.54) is 44.7 Å². The number of likely N-dealkylation sites (tertiary alicyclic amines) is 1. The van der Waals surface area contributed by atoms with Crippen LogP contribution in [0.5, 0.6) is 5.88 Å². The molecule has 2 N–H and O–H groups in total. The van der Waals surface area contributed by atoms with Crippen LogP contribution in [0.3, 0.4) is 0 Å². The third-order valence-corrected chi connectivity index (χ3v) is 6.35. The van der Waals surface area contributed by atoms with Gasteiger partial charge in [0, 0.05) is 18.4 Å². The second-order valence-corrected chi connectivity index (χ2v) is 8.12. The first-order valence-electron chi connectivity index (χ1n) is 9.24. The Balaban J connectivity index is 1.60. The van der Waals surface area contributed by atoms with Crippen molar-refractivity contribution in [2.24, 2.45) is 0 Å². The maximum Gasteiger partial charge on any atom is 0.235 e. The van der Waals surface area contributed by atoms with Gasteiger partial charge in [-0.25, -0.2) is 0 Å². The lowest BCUT2D eigenvalue weighted by Crippen LogP contribution is -3.10. The van der Waals surface area contributed by atoms with E-state index in [4.69, 9.17) is 4.42 Å². The molecule has 0 unspecified atom stereocenters. The molecule has 1 atom stereocenters. The number of fused-ring (bicyclic) bond motifs is 1. The molecule has 6 nitrogen and oxygen atoms in total. The van der Waals surface area contributed by atoms with Crippen molar-refractivity contribution in [2.45, 2.75) is 25.8 Å². The number of aromatic hydroxyl groups is 1. The maximum absolute atomic E-state index is 11.0. The summed E-state index contributed by atoms with van der Waals surface area (Å²) < 4.78 is 6.91. The van der Waals surface area contributed by atoms with Gasteiger partial charge in [-0.1, -0.05) is 41.2 Å². The van der Waals surface area contributed by atoms with Crippen molar-refractivity contribution in [1.29, 1.82) is 0 Å². The molecule has 1 aromatic carbocycles. The van der Waals surface area contributed by atoms with Crippen molar-refractivity contribution in [1.82, 2.24) is 14.6 Å². The predicted molar refractivity (Wildman–Crippen MR) is 103 cm³/mol. The van der Waals surface area contributed by atoms with Crippen molar-refractivity contribution in [3.05, 3.63) is 58.7 Å². The Bertz CT molecular complexity index is 1060. The van der Waals surface area contributed by atoms with Gasteiger partial charge in [0.2, 0.25) is 16.7 Å². The molecule has 1 saturated heterocycles. The number of hydrogen-bond acceptors (Lipinski definition) is 5. The normalized spacial score (nSPS) is 16.3. The van der Waals surface area contributed by atoms with Crippen molar-refractivity contribution in [3.8, 4) is 17.5 Å². The van der Waals surface area contributed by atoms with Gasteiger partial charge in [0.25, 0.3) is 0 Å². The highest BCUT2D eigenvalue weighted by Crippen LogP contribution is 2.36. The maximum atomic E-state index is 11.0. The minimum absolute atomic E-state index is 0.105. The average molecular weight is 381 g/mol. The van der Waals surface area contributed by atoms with Crippen LogP contribution >= 0.6 is 11.3 Å². The molecule has 0 amide bonds. The summed E-state index contributed by atoms with van der Waals surface area (Å²) in [4.78, 5) is 7.66. The van der Waals surface area contributed by atoms with Gasteiger partial charge in [0.1, 0.15) is 4.88 Å². The van der Waals surface area contributed by atoms with Gasteiger partial charge in [-0.15, -0.1) is 5.10 Å². The fourth-order valence-electron chi connectivity index (χ4n) is 3.90. The zero-order valence-electron chi connectivity index (χ0n) is 15.1. The number of aromatic nitrogens is 3. The zero-order chi connectivity index (χ0) is 18.4. The Morgan fingerprint density at radius 1 is 1.19 bits per heavy atom. The first-order valence-corrected chi connectivity index (χ1v) is 10.1. The molecule has 0 bridgehead atoms. The number of benzene rings is 1. The zero-order valence-corrected chi connectivity index (χ0v) is 15.9. The van der Waals surface area contributed by atoms with Gasteiger partial charge in [-0.05, 0) is 19.1 Å². The molecule has 0 spiro atoms. The molecule has 5 rings (SSSR count). The number of quaternary nitrogens is 1. The van der Waals surface area contributed by atoms with E-state index < -0.39 is 0 Å². The highest BCUT2D eigenvalue weighted by Gasteiger charge is 2.34. The third kappa shape index (κ3) is 2.83. The van der Waals surface area contributed by atoms with E-state index in [1.54, 1.807) is 12.3 Å². The summed E-state index contributed by atoms with van der Waals surface area (Å²) in [6, 6.07) is 12.4. The Labute approximate surface area is 160 Å². The highest BCUT2D eigenvalue weighted by atomic mass is 32.1. The first-order chi connectivity index (χ1) is 13.2. The van der Waals surface area contributed by atoms with Gasteiger partial charge in [-0.2, -0.15) is 9.50 Å².